The molecule has 0 spiro atoms. The van der Waals surface area contributed by atoms with E-state index in [4.69, 9.17) is 5.73 Å². The first kappa shape index (κ1) is 17.5. The Balaban J connectivity index is 2.40. The molecule has 0 heterocycles. The van der Waals surface area contributed by atoms with Gasteiger partial charge in [-0.05, 0) is 55.9 Å². The predicted molar refractivity (Wildman–Crippen MR) is 85.5 cm³/mol. The summed E-state index contributed by atoms with van der Waals surface area (Å²) in [6.07, 6.45) is 7.35. The summed E-state index contributed by atoms with van der Waals surface area (Å²) in [5, 5.41) is 0. The molecule has 1 fully saturated rings. The second kappa shape index (κ2) is 6.93. The summed E-state index contributed by atoms with van der Waals surface area (Å²) in [5.74, 6) is 0.305. The van der Waals surface area contributed by atoms with E-state index in [1.54, 1.807) is 0 Å². The summed E-state index contributed by atoms with van der Waals surface area (Å²) in [6, 6.07) is 0.452. The third kappa shape index (κ3) is 5.43. The Labute approximate surface area is 125 Å². The second-order valence-electron chi connectivity index (χ2n) is 8.10. The van der Waals surface area contributed by atoms with Gasteiger partial charge in [0.05, 0.1) is 0 Å². The van der Waals surface area contributed by atoms with E-state index < -0.39 is 0 Å². The summed E-state index contributed by atoms with van der Waals surface area (Å²) in [6.45, 7) is 9.78. The molecule has 118 valence electrons. The zero-order chi connectivity index (χ0) is 15.4. The molecule has 3 heteroatoms. The lowest BCUT2D eigenvalue weighted by molar-refractivity contribution is -0.133. The van der Waals surface area contributed by atoms with Crippen molar-refractivity contribution in [3.05, 3.63) is 0 Å². The van der Waals surface area contributed by atoms with Crippen LogP contribution in [0.3, 0.4) is 0 Å². The van der Waals surface area contributed by atoms with Crippen LogP contribution >= 0.6 is 0 Å². The van der Waals surface area contributed by atoms with Gasteiger partial charge < -0.3 is 10.6 Å². The monoisotopic (exact) mass is 282 g/mol. The van der Waals surface area contributed by atoms with Crippen LogP contribution in [0.25, 0.3) is 0 Å². The molecule has 20 heavy (non-hydrogen) atoms. The molecule has 0 aromatic carbocycles. The van der Waals surface area contributed by atoms with Crippen LogP contribution in [-0.2, 0) is 4.79 Å². The smallest absolute Gasteiger partial charge is 0.222 e. The quantitative estimate of drug-likeness (QED) is 0.809. The summed E-state index contributed by atoms with van der Waals surface area (Å²) in [4.78, 5) is 14.4. The lowest BCUT2D eigenvalue weighted by Crippen LogP contribution is -2.41. The second-order valence-corrected chi connectivity index (χ2v) is 8.10. The van der Waals surface area contributed by atoms with Crippen molar-refractivity contribution in [2.24, 2.45) is 16.6 Å². The summed E-state index contributed by atoms with van der Waals surface area (Å²) in [7, 11) is 1.99. The molecule has 0 aromatic heterocycles. The first-order valence-electron chi connectivity index (χ1n) is 8.13. The maximum atomic E-state index is 12.3. The number of nitrogens with two attached hydrogens (primary N) is 1. The molecule has 0 aliphatic heterocycles. The molecule has 2 N–H and O–H groups in total. The first-order valence-corrected chi connectivity index (χ1v) is 8.13. The SMILES string of the molecule is CN(C(=O)CCC(C)(C)CCN)C1CCC(C)(C)CC1. The highest BCUT2D eigenvalue weighted by Gasteiger charge is 2.30. The van der Waals surface area contributed by atoms with Gasteiger partial charge in [0.2, 0.25) is 5.91 Å². The normalized spacial score (nSPS) is 19.9. The molecule has 0 aromatic rings. The van der Waals surface area contributed by atoms with Crippen LogP contribution in [0.4, 0.5) is 0 Å². The van der Waals surface area contributed by atoms with Gasteiger partial charge in [-0.2, -0.15) is 0 Å². The van der Waals surface area contributed by atoms with Crippen molar-refractivity contribution in [3.8, 4) is 0 Å². The van der Waals surface area contributed by atoms with Crippen LogP contribution in [0.5, 0.6) is 0 Å². The number of amides is 1. The number of carbonyl (C=O) groups is 1. The molecule has 0 bridgehead atoms. The van der Waals surface area contributed by atoms with E-state index in [1.165, 1.54) is 12.8 Å². The van der Waals surface area contributed by atoms with Gasteiger partial charge in [0.15, 0.2) is 0 Å². The molecule has 1 saturated carbocycles. The lowest BCUT2D eigenvalue weighted by Gasteiger charge is -2.39. The topological polar surface area (TPSA) is 46.3 Å². The minimum Gasteiger partial charge on any atom is -0.343 e. The van der Waals surface area contributed by atoms with E-state index in [1.807, 2.05) is 11.9 Å². The third-order valence-electron chi connectivity index (χ3n) is 5.09. The largest absolute Gasteiger partial charge is 0.343 e. The molecular weight excluding hydrogens is 248 g/mol. The average molecular weight is 282 g/mol. The van der Waals surface area contributed by atoms with Crippen molar-refractivity contribution < 1.29 is 4.79 Å². The fraction of sp³-hybridized carbons (Fsp3) is 0.941. The van der Waals surface area contributed by atoms with Gasteiger partial charge in [0.25, 0.3) is 0 Å². The van der Waals surface area contributed by atoms with Crippen molar-refractivity contribution >= 4 is 5.91 Å². The Morgan fingerprint density at radius 1 is 1.25 bits per heavy atom. The average Bonchev–Trinajstić information content (AvgIpc) is 2.35. The number of carbonyl (C=O) groups excluding carboxylic acids is 1. The molecule has 3 nitrogen and oxygen atoms in total. The number of rotatable bonds is 6. The molecule has 0 saturated heterocycles. The van der Waals surface area contributed by atoms with Gasteiger partial charge in [-0.25, -0.2) is 0 Å². The van der Waals surface area contributed by atoms with Crippen LogP contribution in [0.15, 0.2) is 0 Å². The van der Waals surface area contributed by atoms with Crippen molar-refractivity contribution in [2.45, 2.75) is 78.7 Å². The zero-order valence-corrected chi connectivity index (χ0v) is 14.2. The fourth-order valence-corrected chi connectivity index (χ4v) is 3.11. The number of hydrogen-bond acceptors (Lipinski definition) is 2. The van der Waals surface area contributed by atoms with Crippen LogP contribution in [0, 0.1) is 10.8 Å². The highest BCUT2D eigenvalue weighted by Crippen LogP contribution is 2.37. The van der Waals surface area contributed by atoms with E-state index in [0.717, 1.165) is 25.7 Å². The van der Waals surface area contributed by atoms with Crippen LogP contribution < -0.4 is 5.73 Å². The van der Waals surface area contributed by atoms with Crippen molar-refractivity contribution in [3.63, 3.8) is 0 Å². The fourth-order valence-electron chi connectivity index (χ4n) is 3.11. The summed E-state index contributed by atoms with van der Waals surface area (Å²) in [5.41, 5.74) is 6.27. The Bertz CT molecular complexity index is 313. The zero-order valence-electron chi connectivity index (χ0n) is 14.2. The van der Waals surface area contributed by atoms with Gasteiger partial charge in [0, 0.05) is 19.5 Å². The first-order chi connectivity index (χ1) is 9.17. The molecular formula is C17H34N2O. The van der Waals surface area contributed by atoms with Crippen molar-refractivity contribution in [2.75, 3.05) is 13.6 Å². The van der Waals surface area contributed by atoms with Gasteiger partial charge in [0.1, 0.15) is 0 Å². The molecule has 0 radical (unpaired) electrons. The van der Waals surface area contributed by atoms with Gasteiger partial charge in [-0.15, -0.1) is 0 Å². The van der Waals surface area contributed by atoms with Crippen LogP contribution in [0.2, 0.25) is 0 Å². The molecule has 1 aliphatic rings. The summed E-state index contributed by atoms with van der Waals surface area (Å²) >= 11 is 0. The Morgan fingerprint density at radius 2 is 1.80 bits per heavy atom. The maximum Gasteiger partial charge on any atom is 0.222 e. The Kier molecular flexibility index (Phi) is 6.06. The Hall–Kier alpha value is -0.570. The van der Waals surface area contributed by atoms with Gasteiger partial charge in [-0.1, -0.05) is 27.7 Å². The minimum atomic E-state index is 0.180. The van der Waals surface area contributed by atoms with Crippen molar-refractivity contribution in [1.82, 2.24) is 4.90 Å². The van der Waals surface area contributed by atoms with E-state index >= 15 is 0 Å². The maximum absolute atomic E-state index is 12.3. The molecule has 0 unspecified atom stereocenters. The number of nitrogens with zero attached hydrogens (tertiary/aromatic N) is 1. The van der Waals surface area contributed by atoms with Gasteiger partial charge >= 0.3 is 0 Å². The molecule has 1 aliphatic carbocycles. The number of hydrogen-bond donors (Lipinski definition) is 1. The highest BCUT2D eigenvalue weighted by atomic mass is 16.2. The predicted octanol–water partition coefficient (Wildman–Crippen LogP) is 3.57. The van der Waals surface area contributed by atoms with Crippen LogP contribution in [0.1, 0.15) is 72.6 Å². The molecule has 1 amide bonds. The molecule has 0 atom stereocenters. The highest BCUT2D eigenvalue weighted by molar-refractivity contribution is 5.76. The van der Waals surface area contributed by atoms with Crippen molar-refractivity contribution in [1.29, 1.82) is 0 Å². The standard InChI is InChI=1S/C17H34N2O/c1-16(2)9-6-14(7-10-16)19(5)15(20)8-11-17(3,4)12-13-18/h14H,6-13,18H2,1-5H3. The van der Waals surface area contributed by atoms with E-state index in [0.29, 0.717) is 30.3 Å². The van der Waals surface area contributed by atoms with E-state index in [9.17, 15) is 4.79 Å². The third-order valence-corrected chi connectivity index (χ3v) is 5.09. The lowest BCUT2D eigenvalue weighted by atomic mass is 9.75. The minimum absolute atomic E-state index is 0.180. The van der Waals surface area contributed by atoms with E-state index in [2.05, 4.69) is 27.7 Å². The van der Waals surface area contributed by atoms with Gasteiger partial charge in [-0.3, -0.25) is 4.79 Å². The van der Waals surface area contributed by atoms with E-state index in [-0.39, 0.29) is 5.41 Å². The Morgan fingerprint density at radius 3 is 2.30 bits per heavy atom. The van der Waals surface area contributed by atoms with Crippen LogP contribution in [-0.4, -0.2) is 30.4 Å². The summed E-state index contributed by atoms with van der Waals surface area (Å²) < 4.78 is 0. The molecule has 1 rings (SSSR count).